The van der Waals surface area contributed by atoms with E-state index in [1.54, 1.807) is 29.5 Å². The number of amides is 3. The van der Waals surface area contributed by atoms with Gasteiger partial charge in [-0.1, -0.05) is 6.92 Å². The number of imide groups is 1. The number of ether oxygens (including phenoxy) is 1. The molecule has 23 heavy (non-hydrogen) atoms. The Morgan fingerprint density at radius 2 is 2.22 bits per heavy atom. The first kappa shape index (κ1) is 15.5. The summed E-state index contributed by atoms with van der Waals surface area (Å²) >= 11 is 1.22. The molecule has 1 unspecified atom stereocenters. The smallest absolute Gasteiger partial charge is 0.325 e. The zero-order valence-electron chi connectivity index (χ0n) is 13.1. The van der Waals surface area contributed by atoms with Crippen LogP contribution in [0, 0.1) is 0 Å². The summed E-state index contributed by atoms with van der Waals surface area (Å²) < 4.78 is 10.8. The fourth-order valence-electron chi connectivity index (χ4n) is 2.74. The molecule has 3 rings (SSSR count). The van der Waals surface area contributed by atoms with Crippen LogP contribution in [0.15, 0.2) is 17.8 Å². The predicted octanol–water partition coefficient (Wildman–Crippen LogP) is 1.24. The van der Waals surface area contributed by atoms with Gasteiger partial charge in [-0.25, -0.2) is 4.79 Å². The first-order valence-electron chi connectivity index (χ1n) is 7.12. The third kappa shape index (κ3) is 2.37. The van der Waals surface area contributed by atoms with Crippen molar-refractivity contribution in [2.24, 2.45) is 7.05 Å². The molecule has 122 valence electrons. The quantitative estimate of drug-likeness (QED) is 0.831. The Morgan fingerprint density at radius 3 is 2.83 bits per heavy atom. The molecule has 2 aromatic heterocycles. The Balaban J connectivity index is 1.92. The molecule has 1 saturated heterocycles. The van der Waals surface area contributed by atoms with E-state index in [0.717, 1.165) is 0 Å². The number of carbonyl (C=O) groups is 2. The van der Waals surface area contributed by atoms with Gasteiger partial charge in [0.25, 0.3) is 5.91 Å². The average molecular weight is 335 g/mol. The Morgan fingerprint density at radius 1 is 1.43 bits per heavy atom. The van der Waals surface area contributed by atoms with Crippen LogP contribution < -0.4 is 10.1 Å². The van der Waals surface area contributed by atoms with Crippen LogP contribution >= 0.6 is 11.5 Å². The predicted molar refractivity (Wildman–Crippen MR) is 82.9 cm³/mol. The SMILES string of the molecule is CCC1(c2cnn(C)c2)NC(=O)N(Cc2csnc2OC)C1=O. The average Bonchev–Trinajstić information content (AvgIpc) is 3.22. The molecule has 1 aliphatic rings. The van der Waals surface area contributed by atoms with E-state index in [0.29, 0.717) is 23.4 Å². The van der Waals surface area contributed by atoms with Crippen molar-refractivity contribution in [3.05, 3.63) is 28.9 Å². The van der Waals surface area contributed by atoms with Gasteiger partial charge >= 0.3 is 6.03 Å². The Hall–Kier alpha value is -2.42. The molecule has 1 aliphatic heterocycles. The molecule has 9 heteroatoms. The third-order valence-electron chi connectivity index (χ3n) is 4.03. The fraction of sp³-hybridized carbons (Fsp3) is 0.429. The van der Waals surface area contributed by atoms with Crippen LogP contribution in [0.3, 0.4) is 0 Å². The van der Waals surface area contributed by atoms with E-state index in [1.807, 2.05) is 6.92 Å². The summed E-state index contributed by atoms with van der Waals surface area (Å²) in [5.74, 6) is 0.150. The van der Waals surface area contributed by atoms with Gasteiger partial charge in [0.1, 0.15) is 5.54 Å². The Kier molecular flexibility index (Phi) is 3.80. The fourth-order valence-corrected chi connectivity index (χ4v) is 3.38. The lowest BCUT2D eigenvalue weighted by Crippen LogP contribution is -2.43. The highest BCUT2D eigenvalue weighted by Gasteiger charge is 2.52. The van der Waals surface area contributed by atoms with Gasteiger partial charge in [0, 0.05) is 29.8 Å². The van der Waals surface area contributed by atoms with Gasteiger partial charge in [-0.2, -0.15) is 9.47 Å². The number of rotatable bonds is 5. The minimum Gasteiger partial charge on any atom is -0.480 e. The molecule has 0 radical (unpaired) electrons. The zero-order valence-corrected chi connectivity index (χ0v) is 13.9. The summed E-state index contributed by atoms with van der Waals surface area (Å²) in [6.07, 6.45) is 3.80. The van der Waals surface area contributed by atoms with Crippen LogP contribution in [0.2, 0.25) is 0 Å². The lowest BCUT2D eigenvalue weighted by molar-refractivity contribution is -0.132. The maximum absolute atomic E-state index is 13.0. The van der Waals surface area contributed by atoms with Crippen molar-refractivity contribution in [2.45, 2.75) is 25.4 Å². The lowest BCUT2D eigenvalue weighted by Gasteiger charge is -2.23. The third-order valence-corrected chi connectivity index (χ3v) is 4.69. The number of aromatic nitrogens is 3. The number of hydrogen-bond donors (Lipinski definition) is 1. The van der Waals surface area contributed by atoms with E-state index >= 15 is 0 Å². The number of carbonyl (C=O) groups excluding carboxylic acids is 2. The number of methoxy groups -OCH3 is 1. The molecular weight excluding hydrogens is 318 g/mol. The molecule has 0 aromatic carbocycles. The largest absolute Gasteiger partial charge is 0.480 e. The molecule has 8 nitrogen and oxygen atoms in total. The minimum absolute atomic E-state index is 0.131. The van der Waals surface area contributed by atoms with Crippen LogP contribution in [0.5, 0.6) is 5.88 Å². The molecule has 3 amide bonds. The van der Waals surface area contributed by atoms with Gasteiger partial charge in [-0.05, 0) is 18.0 Å². The number of nitrogens with zero attached hydrogens (tertiary/aromatic N) is 4. The van der Waals surface area contributed by atoms with Crippen molar-refractivity contribution in [3.8, 4) is 5.88 Å². The zero-order chi connectivity index (χ0) is 16.6. The van der Waals surface area contributed by atoms with Crippen LogP contribution in [0.25, 0.3) is 0 Å². The second-order valence-corrected chi connectivity index (χ2v) is 5.96. The van der Waals surface area contributed by atoms with Crippen molar-refractivity contribution in [3.63, 3.8) is 0 Å². The van der Waals surface area contributed by atoms with Gasteiger partial charge in [0.2, 0.25) is 5.88 Å². The Labute approximate surface area is 137 Å². The van der Waals surface area contributed by atoms with E-state index < -0.39 is 11.6 Å². The van der Waals surface area contributed by atoms with Crippen LogP contribution in [-0.2, 0) is 23.9 Å². The molecule has 0 saturated carbocycles. The second kappa shape index (κ2) is 5.65. The first-order chi connectivity index (χ1) is 11.0. The highest BCUT2D eigenvalue weighted by Crippen LogP contribution is 2.33. The topological polar surface area (TPSA) is 89.3 Å². The number of nitrogens with one attached hydrogen (secondary N) is 1. The van der Waals surface area contributed by atoms with E-state index in [4.69, 9.17) is 4.74 Å². The summed E-state index contributed by atoms with van der Waals surface area (Å²) in [6, 6.07) is -0.422. The van der Waals surface area contributed by atoms with E-state index in [-0.39, 0.29) is 12.5 Å². The van der Waals surface area contributed by atoms with Crippen LogP contribution in [0.4, 0.5) is 4.79 Å². The van der Waals surface area contributed by atoms with Gasteiger partial charge in [-0.15, -0.1) is 0 Å². The molecule has 2 aromatic rings. The van der Waals surface area contributed by atoms with Crippen molar-refractivity contribution in [1.82, 2.24) is 24.4 Å². The monoisotopic (exact) mass is 335 g/mol. The molecular formula is C14H17N5O3S. The molecule has 0 aliphatic carbocycles. The maximum Gasteiger partial charge on any atom is 0.325 e. The summed E-state index contributed by atoms with van der Waals surface area (Å²) in [6.45, 7) is 1.99. The molecule has 3 heterocycles. The summed E-state index contributed by atoms with van der Waals surface area (Å²) in [7, 11) is 3.28. The summed E-state index contributed by atoms with van der Waals surface area (Å²) in [4.78, 5) is 26.5. The molecule has 0 spiro atoms. The van der Waals surface area contributed by atoms with Gasteiger partial charge in [0.05, 0.1) is 19.9 Å². The van der Waals surface area contributed by atoms with Gasteiger partial charge < -0.3 is 10.1 Å². The molecule has 1 N–H and O–H groups in total. The van der Waals surface area contributed by atoms with E-state index in [1.165, 1.54) is 23.5 Å². The van der Waals surface area contributed by atoms with Crippen molar-refractivity contribution in [2.75, 3.05) is 7.11 Å². The van der Waals surface area contributed by atoms with Crippen LogP contribution in [0.1, 0.15) is 24.5 Å². The van der Waals surface area contributed by atoms with Gasteiger partial charge in [-0.3, -0.25) is 14.4 Å². The highest BCUT2D eigenvalue weighted by atomic mass is 32.1. The van der Waals surface area contributed by atoms with Crippen LogP contribution in [-0.4, -0.2) is 38.1 Å². The Bertz CT molecular complexity index is 755. The van der Waals surface area contributed by atoms with Gasteiger partial charge in [0.15, 0.2) is 0 Å². The standard InChI is InChI=1S/C14H17N5O3S/c1-4-14(10-5-15-18(2)7-10)12(20)19(13(21)16-14)6-9-8-23-17-11(9)22-3/h5,7-8H,4,6H2,1-3H3,(H,16,21). The normalized spacial score (nSPS) is 20.9. The van der Waals surface area contributed by atoms with E-state index in [2.05, 4.69) is 14.8 Å². The van der Waals surface area contributed by atoms with Crippen molar-refractivity contribution in [1.29, 1.82) is 0 Å². The number of aryl methyl sites for hydroxylation is 1. The highest BCUT2D eigenvalue weighted by molar-refractivity contribution is 7.03. The maximum atomic E-state index is 13.0. The summed E-state index contributed by atoms with van der Waals surface area (Å²) in [5.41, 5.74) is 0.319. The molecule has 1 atom stereocenters. The summed E-state index contributed by atoms with van der Waals surface area (Å²) in [5, 5.41) is 8.70. The van der Waals surface area contributed by atoms with Crippen molar-refractivity contribution >= 4 is 23.5 Å². The molecule has 1 fully saturated rings. The lowest BCUT2D eigenvalue weighted by atomic mass is 9.89. The molecule has 0 bridgehead atoms. The number of urea groups is 1. The second-order valence-electron chi connectivity index (χ2n) is 5.33. The first-order valence-corrected chi connectivity index (χ1v) is 7.96. The van der Waals surface area contributed by atoms with E-state index in [9.17, 15) is 9.59 Å². The number of hydrogen-bond acceptors (Lipinski definition) is 6. The minimum atomic E-state index is -1.07. The van der Waals surface area contributed by atoms with Crippen molar-refractivity contribution < 1.29 is 14.3 Å².